The fourth-order valence-electron chi connectivity index (χ4n) is 3.14. The molecule has 3 heterocycles. The van der Waals surface area contributed by atoms with Crippen LogP contribution in [0.15, 0.2) is 41.8 Å². The van der Waals surface area contributed by atoms with Crippen LogP contribution in [-0.4, -0.2) is 30.0 Å². The van der Waals surface area contributed by atoms with Gasteiger partial charge in [-0.05, 0) is 36.1 Å². The van der Waals surface area contributed by atoms with Gasteiger partial charge in [0.2, 0.25) is 0 Å². The number of fused-ring (bicyclic) bond motifs is 1. The number of benzene rings is 1. The van der Waals surface area contributed by atoms with E-state index >= 15 is 0 Å². The van der Waals surface area contributed by atoms with Gasteiger partial charge in [0, 0.05) is 10.4 Å². The average molecular weight is 431 g/mol. The van der Waals surface area contributed by atoms with E-state index in [9.17, 15) is 18.0 Å². The number of aryl methyl sites for hydroxylation is 1. The van der Waals surface area contributed by atoms with Gasteiger partial charge in [-0.25, -0.2) is 13.1 Å². The Morgan fingerprint density at radius 2 is 2.00 bits per heavy atom. The molecule has 0 radical (unpaired) electrons. The van der Waals surface area contributed by atoms with E-state index in [1.807, 2.05) is 42.6 Å². The monoisotopic (exact) mass is 430 g/mol. The number of carbonyl (C=O) groups is 2. The Morgan fingerprint density at radius 3 is 2.72 bits per heavy atom. The summed E-state index contributed by atoms with van der Waals surface area (Å²) in [5, 5.41) is 11.4. The lowest BCUT2D eigenvalue weighted by Gasteiger charge is -2.11. The molecule has 2 aromatic heterocycles. The van der Waals surface area contributed by atoms with E-state index in [0.29, 0.717) is 16.9 Å². The molecule has 0 saturated carbocycles. The summed E-state index contributed by atoms with van der Waals surface area (Å²) in [7, 11) is -3.31. The summed E-state index contributed by atoms with van der Waals surface area (Å²) in [5.74, 6) is -1.87. The predicted octanol–water partition coefficient (Wildman–Crippen LogP) is 1.93. The molecule has 1 aliphatic heterocycles. The smallest absolute Gasteiger partial charge is 0.314 e. The van der Waals surface area contributed by atoms with Crippen molar-refractivity contribution in [2.45, 2.75) is 25.0 Å². The van der Waals surface area contributed by atoms with Crippen LogP contribution < -0.4 is 10.6 Å². The number of anilines is 1. The lowest BCUT2D eigenvalue weighted by Crippen LogP contribution is -2.35. The quantitative estimate of drug-likeness (QED) is 0.615. The van der Waals surface area contributed by atoms with Crippen LogP contribution >= 0.6 is 11.3 Å². The minimum absolute atomic E-state index is 0.186. The molecule has 8 nitrogen and oxygen atoms in total. The van der Waals surface area contributed by atoms with E-state index in [1.54, 1.807) is 6.07 Å². The normalized spacial score (nSPS) is 14.4. The summed E-state index contributed by atoms with van der Waals surface area (Å²) in [6, 6.07) is 11.1. The van der Waals surface area contributed by atoms with Crippen molar-refractivity contribution < 1.29 is 18.0 Å². The SMILES string of the molecule is Cc1cccc(-n2nc3c(c2NC(=O)C(=O)NCc2cccs2)CS(=O)(=O)C3)c1. The van der Waals surface area contributed by atoms with Crippen molar-refractivity contribution in [3.63, 3.8) is 0 Å². The van der Waals surface area contributed by atoms with Gasteiger partial charge in [0.25, 0.3) is 0 Å². The van der Waals surface area contributed by atoms with Crippen LogP contribution in [0.2, 0.25) is 0 Å². The van der Waals surface area contributed by atoms with Gasteiger partial charge < -0.3 is 10.6 Å². The minimum Gasteiger partial charge on any atom is -0.343 e. The molecule has 1 aliphatic rings. The Hall–Kier alpha value is -2.98. The first-order valence-corrected chi connectivity index (χ1v) is 11.5. The topological polar surface area (TPSA) is 110 Å². The Balaban J connectivity index is 1.61. The maximum Gasteiger partial charge on any atom is 0.314 e. The van der Waals surface area contributed by atoms with E-state index in [4.69, 9.17) is 0 Å². The summed E-state index contributed by atoms with van der Waals surface area (Å²) in [6.45, 7) is 2.16. The zero-order valence-electron chi connectivity index (χ0n) is 15.5. The molecule has 2 amide bonds. The van der Waals surface area contributed by atoms with Gasteiger partial charge in [0.05, 0.1) is 29.4 Å². The molecular formula is C19H18N4O4S2. The van der Waals surface area contributed by atoms with Crippen molar-refractivity contribution in [3.8, 4) is 5.69 Å². The zero-order chi connectivity index (χ0) is 20.6. The minimum atomic E-state index is -3.31. The van der Waals surface area contributed by atoms with Crippen LogP contribution in [0.3, 0.4) is 0 Å². The highest BCUT2D eigenvalue weighted by Crippen LogP contribution is 2.33. The van der Waals surface area contributed by atoms with Gasteiger partial charge in [-0.2, -0.15) is 5.10 Å². The molecular weight excluding hydrogens is 412 g/mol. The van der Waals surface area contributed by atoms with E-state index in [-0.39, 0.29) is 23.9 Å². The number of thiophene rings is 1. The molecule has 0 fully saturated rings. The Kier molecular flexibility index (Phi) is 4.97. The third-order valence-corrected chi connectivity index (χ3v) is 6.79. The Bertz CT molecular complexity index is 1200. The summed E-state index contributed by atoms with van der Waals surface area (Å²) >= 11 is 1.47. The Labute approximate surface area is 171 Å². The second kappa shape index (κ2) is 7.45. The largest absolute Gasteiger partial charge is 0.343 e. The molecule has 0 atom stereocenters. The molecule has 0 unspecified atom stereocenters. The van der Waals surface area contributed by atoms with Crippen LogP contribution in [0, 0.1) is 6.92 Å². The highest BCUT2D eigenvalue weighted by atomic mass is 32.2. The second-order valence-corrected chi connectivity index (χ2v) is 9.87. The standard InChI is InChI=1S/C19H18N4O4S2/c1-12-4-2-5-13(8-12)23-17(15-10-29(26,27)11-16(15)22-23)21-19(25)18(24)20-9-14-6-3-7-28-14/h2-8H,9-11H2,1H3,(H,20,24)(H,21,25). The lowest BCUT2D eigenvalue weighted by atomic mass is 10.2. The van der Waals surface area contributed by atoms with Crippen molar-refractivity contribution in [2.75, 3.05) is 5.32 Å². The predicted molar refractivity (Wildman–Crippen MR) is 109 cm³/mol. The second-order valence-electron chi connectivity index (χ2n) is 6.77. The van der Waals surface area contributed by atoms with Crippen molar-refractivity contribution in [3.05, 3.63) is 63.5 Å². The van der Waals surface area contributed by atoms with Gasteiger partial charge in [0.1, 0.15) is 5.82 Å². The van der Waals surface area contributed by atoms with Gasteiger partial charge >= 0.3 is 11.8 Å². The number of rotatable bonds is 4. The van der Waals surface area contributed by atoms with Crippen LogP contribution in [0.4, 0.5) is 5.82 Å². The van der Waals surface area contributed by atoms with Crippen LogP contribution in [0.5, 0.6) is 0 Å². The first kappa shape index (κ1) is 19.3. The number of carbonyl (C=O) groups excluding carboxylic acids is 2. The van der Waals surface area contributed by atoms with Crippen LogP contribution in [-0.2, 0) is 37.5 Å². The molecule has 0 aliphatic carbocycles. The first-order valence-electron chi connectivity index (χ1n) is 8.82. The number of hydrogen-bond acceptors (Lipinski definition) is 6. The molecule has 2 N–H and O–H groups in total. The first-order chi connectivity index (χ1) is 13.8. The molecule has 0 saturated heterocycles. The number of hydrogen-bond donors (Lipinski definition) is 2. The third kappa shape index (κ3) is 4.08. The zero-order valence-corrected chi connectivity index (χ0v) is 17.1. The molecule has 1 aromatic carbocycles. The number of amides is 2. The van der Waals surface area contributed by atoms with Crippen LogP contribution in [0.25, 0.3) is 5.69 Å². The number of aromatic nitrogens is 2. The van der Waals surface area contributed by atoms with Gasteiger partial charge in [-0.15, -0.1) is 11.3 Å². The van der Waals surface area contributed by atoms with Crippen molar-refractivity contribution in [1.82, 2.24) is 15.1 Å². The number of nitrogens with one attached hydrogen (secondary N) is 2. The van der Waals surface area contributed by atoms with E-state index in [2.05, 4.69) is 15.7 Å². The molecule has 10 heteroatoms. The fourth-order valence-corrected chi connectivity index (χ4v) is 5.28. The summed E-state index contributed by atoms with van der Waals surface area (Å²) < 4.78 is 25.5. The molecule has 0 bridgehead atoms. The third-order valence-electron chi connectivity index (χ3n) is 4.48. The maximum absolute atomic E-state index is 12.5. The number of sulfone groups is 1. The molecule has 4 rings (SSSR count). The van der Waals surface area contributed by atoms with Crippen LogP contribution in [0.1, 0.15) is 21.7 Å². The summed E-state index contributed by atoms with van der Waals surface area (Å²) in [6.07, 6.45) is 0. The van der Waals surface area contributed by atoms with Gasteiger partial charge in [0.15, 0.2) is 9.84 Å². The fraction of sp³-hybridized carbons (Fsp3) is 0.211. The van der Waals surface area contributed by atoms with Crippen molar-refractivity contribution in [1.29, 1.82) is 0 Å². The van der Waals surface area contributed by atoms with Gasteiger partial charge in [-0.1, -0.05) is 18.2 Å². The molecule has 3 aromatic rings. The van der Waals surface area contributed by atoms with E-state index < -0.39 is 21.7 Å². The highest BCUT2D eigenvalue weighted by molar-refractivity contribution is 7.90. The Morgan fingerprint density at radius 1 is 1.17 bits per heavy atom. The summed E-state index contributed by atoms with van der Waals surface area (Å²) in [5.41, 5.74) is 2.47. The average Bonchev–Trinajstić information content (AvgIpc) is 3.35. The molecule has 0 spiro atoms. The summed E-state index contributed by atoms with van der Waals surface area (Å²) in [4.78, 5) is 25.6. The highest BCUT2D eigenvalue weighted by Gasteiger charge is 2.33. The molecule has 150 valence electrons. The lowest BCUT2D eigenvalue weighted by molar-refractivity contribution is -0.136. The number of nitrogens with zero attached hydrogens (tertiary/aromatic N) is 2. The van der Waals surface area contributed by atoms with Gasteiger partial charge in [-0.3, -0.25) is 9.59 Å². The molecule has 29 heavy (non-hydrogen) atoms. The van der Waals surface area contributed by atoms with Crippen molar-refractivity contribution in [2.24, 2.45) is 0 Å². The van der Waals surface area contributed by atoms with E-state index in [1.165, 1.54) is 16.0 Å². The van der Waals surface area contributed by atoms with E-state index in [0.717, 1.165) is 10.4 Å². The maximum atomic E-state index is 12.5. The van der Waals surface area contributed by atoms with Crippen molar-refractivity contribution >= 4 is 38.8 Å².